The number of benzene rings is 1. The second kappa shape index (κ2) is 5.31. The molecule has 1 amide bonds. The molecule has 1 aromatic rings. The van der Waals surface area contributed by atoms with E-state index in [1.54, 1.807) is 18.2 Å². The summed E-state index contributed by atoms with van der Waals surface area (Å²) in [6.45, 7) is 0. The topological polar surface area (TPSA) is 41.1 Å². The quantitative estimate of drug-likeness (QED) is 0.787. The minimum absolute atomic E-state index is 0.127. The van der Waals surface area contributed by atoms with Gasteiger partial charge in [-0.2, -0.15) is 0 Å². The molecule has 118 valence electrons. The van der Waals surface area contributed by atoms with Crippen LogP contribution in [0.25, 0.3) is 0 Å². The number of anilines is 1. The first-order valence-electron chi connectivity index (χ1n) is 8.06. The van der Waals surface area contributed by atoms with Crippen molar-refractivity contribution < 1.29 is 4.79 Å². The first-order valence-corrected chi connectivity index (χ1v) is 8.81. The van der Waals surface area contributed by atoms with Crippen LogP contribution < -0.4 is 10.9 Å². The van der Waals surface area contributed by atoms with Crippen molar-refractivity contribution in [3.8, 4) is 0 Å². The molecule has 3 nitrogen and oxygen atoms in total. The van der Waals surface area contributed by atoms with E-state index in [9.17, 15) is 4.79 Å². The maximum absolute atomic E-state index is 12.8. The van der Waals surface area contributed by atoms with Gasteiger partial charge in [-0.05, 0) is 74.5 Å². The van der Waals surface area contributed by atoms with Gasteiger partial charge in [0.1, 0.15) is 0 Å². The molecule has 5 rings (SSSR count). The first kappa shape index (κ1) is 14.6. The molecular formula is C17H20Cl2N2O. The second-order valence-electron chi connectivity index (χ2n) is 7.40. The van der Waals surface area contributed by atoms with Crippen molar-refractivity contribution in [1.82, 2.24) is 5.43 Å². The summed E-state index contributed by atoms with van der Waals surface area (Å²) >= 11 is 12.1. The monoisotopic (exact) mass is 338 g/mol. The summed E-state index contributed by atoms with van der Waals surface area (Å²) in [6, 6.07) is 5.18. The fraction of sp³-hybridized carbons (Fsp3) is 0.588. The van der Waals surface area contributed by atoms with Gasteiger partial charge in [-0.15, -0.1) is 0 Å². The van der Waals surface area contributed by atoms with Crippen LogP contribution in [0, 0.1) is 23.2 Å². The van der Waals surface area contributed by atoms with Crippen molar-refractivity contribution in [3.05, 3.63) is 28.2 Å². The first-order chi connectivity index (χ1) is 10.5. The van der Waals surface area contributed by atoms with Crippen LogP contribution in [0.2, 0.25) is 10.0 Å². The Morgan fingerprint density at radius 2 is 1.64 bits per heavy atom. The number of halogens is 2. The Balaban J connectivity index is 1.47. The summed E-state index contributed by atoms with van der Waals surface area (Å²) in [4.78, 5) is 12.8. The summed E-state index contributed by atoms with van der Waals surface area (Å²) in [5, 5.41) is 1.14. The zero-order valence-corrected chi connectivity index (χ0v) is 13.9. The maximum atomic E-state index is 12.8. The van der Waals surface area contributed by atoms with Gasteiger partial charge in [0.2, 0.25) is 5.91 Å². The van der Waals surface area contributed by atoms with Crippen LogP contribution in [0.5, 0.6) is 0 Å². The Kier molecular flexibility index (Phi) is 3.54. The number of hydrazine groups is 1. The van der Waals surface area contributed by atoms with Gasteiger partial charge in [0.25, 0.3) is 0 Å². The molecule has 0 aliphatic heterocycles. The Bertz CT molecular complexity index is 581. The van der Waals surface area contributed by atoms with E-state index in [-0.39, 0.29) is 11.3 Å². The Hall–Kier alpha value is -0.930. The Morgan fingerprint density at radius 1 is 1.05 bits per heavy atom. The van der Waals surface area contributed by atoms with Gasteiger partial charge < -0.3 is 0 Å². The van der Waals surface area contributed by atoms with Gasteiger partial charge in [0.15, 0.2) is 0 Å². The SMILES string of the molecule is O=C(NNc1cc(Cl)ccc1Cl)C12CC3CC(CC(C3)C1)C2. The molecule has 0 radical (unpaired) electrons. The van der Waals surface area contributed by atoms with E-state index in [1.165, 1.54) is 19.3 Å². The highest BCUT2D eigenvalue weighted by atomic mass is 35.5. The van der Waals surface area contributed by atoms with Crippen molar-refractivity contribution >= 4 is 34.8 Å². The highest BCUT2D eigenvalue weighted by Gasteiger charge is 2.54. The van der Waals surface area contributed by atoms with Gasteiger partial charge >= 0.3 is 0 Å². The van der Waals surface area contributed by atoms with Crippen LogP contribution >= 0.6 is 23.2 Å². The number of rotatable bonds is 3. The van der Waals surface area contributed by atoms with Crippen molar-refractivity contribution in [2.24, 2.45) is 23.2 Å². The van der Waals surface area contributed by atoms with Crippen molar-refractivity contribution in [2.75, 3.05) is 5.43 Å². The molecule has 1 aromatic carbocycles. The minimum atomic E-state index is -0.160. The molecule has 0 heterocycles. The summed E-state index contributed by atoms with van der Waals surface area (Å²) < 4.78 is 0. The van der Waals surface area contributed by atoms with E-state index < -0.39 is 0 Å². The van der Waals surface area contributed by atoms with Gasteiger partial charge in [-0.3, -0.25) is 15.6 Å². The Morgan fingerprint density at radius 3 is 2.23 bits per heavy atom. The second-order valence-corrected chi connectivity index (χ2v) is 8.24. The average Bonchev–Trinajstić information content (AvgIpc) is 2.46. The predicted octanol–water partition coefficient (Wildman–Crippen LogP) is 4.65. The van der Waals surface area contributed by atoms with Crippen LogP contribution in [0.15, 0.2) is 18.2 Å². The largest absolute Gasteiger partial charge is 0.297 e. The molecule has 2 N–H and O–H groups in total. The van der Waals surface area contributed by atoms with E-state index >= 15 is 0 Å². The lowest BCUT2D eigenvalue weighted by Gasteiger charge is -2.55. The standard InChI is InChI=1S/C17H20Cl2N2O/c18-13-1-2-14(19)15(6-13)20-21-16(22)17-7-10-3-11(8-17)5-12(4-10)9-17/h1-2,6,10-12,20H,3-5,7-9H2,(H,21,22). The molecule has 0 atom stereocenters. The molecule has 0 saturated heterocycles. The highest BCUT2D eigenvalue weighted by molar-refractivity contribution is 6.35. The summed E-state index contributed by atoms with van der Waals surface area (Å²) in [6.07, 6.45) is 7.15. The lowest BCUT2D eigenvalue weighted by atomic mass is 9.49. The van der Waals surface area contributed by atoms with Gasteiger partial charge in [0.05, 0.1) is 16.1 Å². The van der Waals surface area contributed by atoms with Crippen LogP contribution in [0.1, 0.15) is 38.5 Å². The number of hydrogen-bond donors (Lipinski definition) is 2. The lowest BCUT2D eigenvalue weighted by Crippen LogP contribution is -2.54. The summed E-state index contributed by atoms with van der Waals surface area (Å²) in [5.74, 6) is 2.40. The number of nitrogens with one attached hydrogen (secondary N) is 2. The van der Waals surface area contributed by atoms with Gasteiger partial charge in [0, 0.05) is 5.02 Å². The zero-order chi connectivity index (χ0) is 15.3. The summed E-state index contributed by atoms with van der Waals surface area (Å²) in [5.41, 5.74) is 6.34. The van der Waals surface area contributed by atoms with E-state index in [0.717, 1.165) is 37.0 Å². The molecule has 4 saturated carbocycles. The van der Waals surface area contributed by atoms with Crippen molar-refractivity contribution in [2.45, 2.75) is 38.5 Å². The van der Waals surface area contributed by atoms with E-state index in [4.69, 9.17) is 23.2 Å². The fourth-order valence-corrected chi connectivity index (χ4v) is 5.58. The van der Waals surface area contributed by atoms with Crippen molar-refractivity contribution in [1.29, 1.82) is 0 Å². The van der Waals surface area contributed by atoms with Crippen LogP contribution in [0.4, 0.5) is 5.69 Å². The van der Waals surface area contributed by atoms with E-state index in [0.29, 0.717) is 15.7 Å². The average molecular weight is 339 g/mol. The van der Waals surface area contributed by atoms with Crippen LogP contribution in [-0.2, 0) is 4.79 Å². The molecule has 0 spiro atoms. The molecule has 4 aliphatic rings. The predicted molar refractivity (Wildman–Crippen MR) is 88.8 cm³/mol. The van der Waals surface area contributed by atoms with E-state index in [1.807, 2.05) is 0 Å². The normalized spacial score (nSPS) is 35.5. The molecule has 22 heavy (non-hydrogen) atoms. The van der Waals surface area contributed by atoms with Gasteiger partial charge in [-0.1, -0.05) is 23.2 Å². The third-order valence-electron chi connectivity index (χ3n) is 5.76. The number of hydrogen-bond acceptors (Lipinski definition) is 2. The number of carbonyl (C=O) groups excluding carboxylic acids is 1. The molecule has 5 heteroatoms. The number of carbonyl (C=O) groups is 1. The van der Waals surface area contributed by atoms with Crippen LogP contribution in [0.3, 0.4) is 0 Å². The molecular weight excluding hydrogens is 319 g/mol. The molecule has 4 bridgehead atoms. The van der Waals surface area contributed by atoms with Gasteiger partial charge in [-0.25, -0.2) is 0 Å². The van der Waals surface area contributed by atoms with E-state index in [2.05, 4.69) is 10.9 Å². The maximum Gasteiger partial charge on any atom is 0.244 e. The lowest BCUT2D eigenvalue weighted by molar-refractivity contribution is -0.145. The highest BCUT2D eigenvalue weighted by Crippen LogP contribution is 2.60. The Labute approximate surface area is 140 Å². The minimum Gasteiger partial charge on any atom is -0.297 e. The molecule has 4 fully saturated rings. The molecule has 0 aromatic heterocycles. The number of amides is 1. The molecule has 0 unspecified atom stereocenters. The third kappa shape index (κ3) is 2.48. The fourth-order valence-electron chi connectivity index (χ4n) is 5.24. The van der Waals surface area contributed by atoms with Crippen molar-refractivity contribution in [3.63, 3.8) is 0 Å². The zero-order valence-electron chi connectivity index (χ0n) is 12.4. The molecule has 4 aliphatic carbocycles. The third-order valence-corrected chi connectivity index (χ3v) is 6.32. The smallest absolute Gasteiger partial charge is 0.244 e. The van der Waals surface area contributed by atoms with Crippen LogP contribution in [-0.4, -0.2) is 5.91 Å². The summed E-state index contributed by atoms with van der Waals surface area (Å²) in [7, 11) is 0.